The van der Waals surface area contributed by atoms with Gasteiger partial charge in [-0.3, -0.25) is 4.79 Å². The van der Waals surface area contributed by atoms with Gasteiger partial charge in [0, 0.05) is 18.0 Å². The van der Waals surface area contributed by atoms with Crippen molar-refractivity contribution in [2.75, 3.05) is 13.1 Å². The van der Waals surface area contributed by atoms with Crippen LogP contribution in [0.1, 0.15) is 16.3 Å². The fraction of sp³-hybridized carbons (Fsp3) is 0.444. The van der Waals surface area contributed by atoms with E-state index < -0.39 is 6.10 Å². The van der Waals surface area contributed by atoms with Crippen molar-refractivity contribution in [2.24, 2.45) is 5.11 Å². The minimum Gasteiger partial charge on any atom is -0.456 e. The van der Waals surface area contributed by atoms with Crippen molar-refractivity contribution in [1.82, 2.24) is 4.90 Å². The number of carbonyl (C=O) groups excluding carboxylic acids is 1. The Hall–Kier alpha value is -1.98. The first-order chi connectivity index (χ1) is 7.70. The highest BCUT2D eigenvalue weighted by Gasteiger charge is 2.30. The Morgan fingerprint density at radius 1 is 1.69 bits per heavy atom. The van der Waals surface area contributed by atoms with Crippen molar-refractivity contribution in [3.8, 4) is 0 Å². The summed E-state index contributed by atoms with van der Waals surface area (Å²) in [6.45, 7) is 0.767. The summed E-state index contributed by atoms with van der Waals surface area (Å²) in [4.78, 5) is 15.8. The summed E-state index contributed by atoms with van der Waals surface area (Å²) in [5.74, 6) is 0.398. The molecule has 1 saturated heterocycles. The molecule has 1 amide bonds. The molecule has 1 aromatic heterocycles. The fourth-order valence-corrected chi connectivity index (χ4v) is 1.46. The number of rotatable bonds is 3. The number of aliphatic hydroxyl groups is 1. The van der Waals surface area contributed by atoms with Gasteiger partial charge in [-0.05, 0) is 17.7 Å². The van der Waals surface area contributed by atoms with Gasteiger partial charge in [0.2, 0.25) is 0 Å². The summed E-state index contributed by atoms with van der Waals surface area (Å²) < 4.78 is 5.20. The van der Waals surface area contributed by atoms with Crippen molar-refractivity contribution in [2.45, 2.75) is 12.6 Å². The van der Waals surface area contributed by atoms with E-state index in [-0.39, 0.29) is 18.2 Å². The molecule has 0 atom stereocenters. The number of likely N-dealkylation sites (tertiary alicyclic amines) is 1. The molecule has 0 saturated carbocycles. The summed E-state index contributed by atoms with van der Waals surface area (Å²) in [6, 6.07) is 3.13. The third-order valence-corrected chi connectivity index (χ3v) is 2.31. The van der Waals surface area contributed by atoms with Crippen molar-refractivity contribution in [3.63, 3.8) is 0 Å². The monoisotopic (exact) mass is 222 g/mol. The number of β-amino-alcohol motifs (C(OH)–C–C–N with tert-alkyl or cyclic N) is 1. The van der Waals surface area contributed by atoms with E-state index in [9.17, 15) is 4.79 Å². The van der Waals surface area contributed by atoms with Gasteiger partial charge in [-0.2, -0.15) is 0 Å². The highest BCUT2D eigenvalue weighted by molar-refractivity contribution is 5.92. The SMILES string of the molecule is [N-]=[N+]=NCc1ccc(C(=O)N2CC(O)C2)o1. The lowest BCUT2D eigenvalue weighted by atomic mass is 10.1. The van der Waals surface area contributed by atoms with Gasteiger partial charge in [0.25, 0.3) is 5.91 Å². The molecule has 1 aliphatic rings. The summed E-state index contributed by atoms with van der Waals surface area (Å²) >= 11 is 0. The molecule has 1 aromatic rings. The third-order valence-electron chi connectivity index (χ3n) is 2.31. The van der Waals surface area contributed by atoms with E-state index in [1.807, 2.05) is 0 Å². The number of hydrogen-bond acceptors (Lipinski definition) is 4. The van der Waals surface area contributed by atoms with Gasteiger partial charge in [0.1, 0.15) is 5.76 Å². The molecule has 7 nitrogen and oxygen atoms in total. The second-order valence-corrected chi connectivity index (χ2v) is 3.52. The van der Waals surface area contributed by atoms with Crippen LogP contribution in [-0.2, 0) is 6.54 Å². The highest BCUT2D eigenvalue weighted by Crippen LogP contribution is 2.16. The van der Waals surface area contributed by atoms with Crippen LogP contribution in [0.3, 0.4) is 0 Å². The first-order valence-electron chi connectivity index (χ1n) is 4.77. The number of aliphatic hydroxyl groups excluding tert-OH is 1. The quantitative estimate of drug-likeness (QED) is 0.467. The van der Waals surface area contributed by atoms with Crippen molar-refractivity contribution < 1.29 is 14.3 Å². The van der Waals surface area contributed by atoms with Gasteiger partial charge >= 0.3 is 0 Å². The van der Waals surface area contributed by atoms with Crippen LogP contribution >= 0.6 is 0 Å². The predicted molar refractivity (Wildman–Crippen MR) is 53.5 cm³/mol. The van der Waals surface area contributed by atoms with E-state index in [1.165, 1.54) is 11.0 Å². The topological polar surface area (TPSA) is 102 Å². The van der Waals surface area contributed by atoms with Gasteiger partial charge in [-0.25, -0.2) is 0 Å². The molecule has 0 radical (unpaired) electrons. The molecule has 1 N–H and O–H groups in total. The standard InChI is InChI=1S/C9H10N4O3/c10-12-11-3-7-1-2-8(16-7)9(15)13-4-6(14)5-13/h1-2,6,14H,3-5H2. The Labute approximate surface area is 90.9 Å². The molecule has 2 rings (SSSR count). The zero-order valence-corrected chi connectivity index (χ0v) is 8.41. The molecule has 0 unspecified atom stereocenters. The molecule has 1 aliphatic heterocycles. The van der Waals surface area contributed by atoms with Crippen LogP contribution in [0.2, 0.25) is 0 Å². The van der Waals surface area contributed by atoms with Crippen molar-refractivity contribution in [3.05, 3.63) is 34.1 Å². The van der Waals surface area contributed by atoms with E-state index in [0.717, 1.165) is 0 Å². The molecule has 2 heterocycles. The maximum Gasteiger partial charge on any atom is 0.289 e. The summed E-state index contributed by atoms with van der Waals surface area (Å²) in [6.07, 6.45) is -0.429. The number of furan rings is 1. The molecule has 7 heteroatoms. The van der Waals surface area contributed by atoms with Crippen LogP contribution in [-0.4, -0.2) is 35.1 Å². The summed E-state index contributed by atoms with van der Waals surface area (Å²) in [5.41, 5.74) is 8.12. The zero-order valence-electron chi connectivity index (χ0n) is 8.41. The lowest BCUT2D eigenvalue weighted by molar-refractivity contribution is 0.00384. The van der Waals surface area contributed by atoms with Gasteiger partial charge in [-0.1, -0.05) is 5.11 Å². The number of carbonyl (C=O) groups is 1. The Balaban J connectivity index is 2.01. The number of nitrogens with zero attached hydrogens (tertiary/aromatic N) is 4. The molecular formula is C9H10N4O3. The Morgan fingerprint density at radius 2 is 2.44 bits per heavy atom. The molecule has 16 heavy (non-hydrogen) atoms. The molecule has 0 aliphatic carbocycles. The third kappa shape index (κ3) is 2.00. The van der Waals surface area contributed by atoms with Crippen molar-refractivity contribution in [1.29, 1.82) is 0 Å². The lowest BCUT2D eigenvalue weighted by Crippen LogP contribution is -2.53. The molecule has 84 valence electrons. The molecule has 1 fully saturated rings. The number of azide groups is 1. The lowest BCUT2D eigenvalue weighted by Gasteiger charge is -2.35. The first-order valence-corrected chi connectivity index (χ1v) is 4.77. The van der Waals surface area contributed by atoms with Gasteiger partial charge in [0.05, 0.1) is 12.6 Å². The normalized spacial score (nSPS) is 15.4. The highest BCUT2D eigenvalue weighted by atomic mass is 16.4. The van der Waals surface area contributed by atoms with Crippen LogP contribution in [0.4, 0.5) is 0 Å². The van der Waals surface area contributed by atoms with Crippen LogP contribution in [0.5, 0.6) is 0 Å². The van der Waals surface area contributed by atoms with E-state index in [1.54, 1.807) is 6.07 Å². The van der Waals surface area contributed by atoms with Crippen LogP contribution in [0, 0.1) is 0 Å². The number of amides is 1. The molecule has 0 aromatic carbocycles. The second kappa shape index (κ2) is 4.26. The second-order valence-electron chi connectivity index (χ2n) is 3.52. The van der Waals surface area contributed by atoms with E-state index in [4.69, 9.17) is 15.1 Å². The average molecular weight is 222 g/mol. The first kappa shape index (κ1) is 10.5. The maximum atomic E-state index is 11.7. The van der Waals surface area contributed by atoms with Crippen LogP contribution < -0.4 is 0 Å². The Bertz CT molecular complexity index is 443. The average Bonchev–Trinajstić information content (AvgIpc) is 2.69. The van der Waals surface area contributed by atoms with Gasteiger partial charge in [-0.15, -0.1) is 0 Å². The summed E-state index contributed by atoms with van der Waals surface area (Å²) in [7, 11) is 0. The van der Waals surface area contributed by atoms with E-state index in [0.29, 0.717) is 18.8 Å². The smallest absolute Gasteiger partial charge is 0.289 e. The van der Waals surface area contributed by atoms with Crippen molar-refractivity contribution >= 4 is 5.91 Å². The van der Waals surface area contributed by atoms with Gasteiger partial charge in [0.15, 0.2) is 5.76 Å². The molecular weight excluding hydrogens is 212 g/mol. The van der Waals surface area contributed by atoms with E-state index in [2.05, 4.69) is 10.0 Å². The molecule has 0 bridgehead atoms. The van der Waals surface area contributed by atoms with Crippen LogP contribution in [0.15, 0.2) is 21.7 Å². The minimum atomic E-state index is -0.429. The minimum absolute atomic E-state index is 0.0897. The maximum absolute atomic E-state index is 11.7. The predicted octanol–water partition coefficient (Wildman–Crippen LogP) is 0.907. The van der Waals surface area contributed by atoms with Gasteiger partial charge < -0.3 is 14.4 Å². The Morgan fingerprint density at radius 3 is 3.06 bits per heavy atom. The largest absolute Gasteiger partial charge is 0.456 e. The zero-order chi connectivity index (χ0) is 11.5. The van der Waals surface area contributed by atoms with E-state index >= 15 is 0 Å². The Kier molecular flexibility index (Phi) is 2.80. The molecule has 0 spiro atoms. The summed E-state index contributed by atoms with van der Waals surface area (Å²) in [5, 5.41) is 12.4. The number of hydrogen-bond donors (Lipinski definition) is 1. The van der Waals surface area contributed by atoms with Crippen LogP contribution in [0.25, 0.3) is 10.4 Å². The fourth-order valence-electron chi connectivity index (χ4n) is 1.46.